The van der Waals surface area contributed by atoms with E-state index in [4.69, 9.17) is 10.5 Å². The van der Waals surface area contributed by atoms with Crippen LogP contribution in [0.1, 0.15) is 38.5 Å². The lowest BCUT2D eigenvalue weighted by Gasteiger charge is -2.38. The summed E-state index contributed by atoms with van der Waals surface area (Å²) in [4.78, 5) is 5.25. The van der Waals surface area contributed by atoms with Gasteiger partial charge in [0.05, 0.1) is 0 Å². The van der Waals surface area contributed by atoms with Gasteiger partial charge in [-0.2, -0.15) is 0 Å². The van der Waals surface area contributed by atoms with Crippen molar-refractivity contribution in [2.24, 2.45) is 5.73 Å². The summed E-state index contributed by atoms with van der Waals surface area (Å²) in [7, 11) is 1.76. The number of methoxy groups -OCH3 is 1. The van der Waals surface area contributed by atoms with Crippen LogP contribution in [-0.2, 0) is 4.74 Å². The van der Waals surface area contributed by atoms with Crippen LogP contribution in [0.3, 0.4) is 0 Å². The van der Waals surface area contributed by atoms with Crippen LogP contribution in [0.2, 0.25) is 0 Å². The Morgan fingerprint density at radius 2 is 1.84 bits per heavy atom. The normalized spacial score (nSPS) is 24.9. The Bertz CT molecular complexity index is 236. The van der Waals surface area contributed by atoms with Crippen molar-refractivity contribution < 1.29 is 4.74 Å². The molecule has 0 aromatic carbocycles. The zero-order valence-corrected chi connectivity index (χ0v) is 12.5. The number of hydrogen-bond acceptors (Lipinski definition) is 4. The van der Waals surface area contributed by atoms with Crippen LogP contribution in [0, 0.1) is 0 Å². The van der Waals surface area contributed by atoms with E-state index in [1.165, 1.54) is 51.9 Å². The van der Waals surface area contributed by atoms with E-state index in [0.717, 1.165) is 32.0 Å². The standard InChI is InChI=1S/C15H31N3O/c1-19-12-4-5-14(16)13-17-8-10-18(11-9-17)15-6-2-3-7-15/h14-15H,2-13,16H2,1H3. The van der Waals surface area contributed by atoms with E-state index < -0.39 is 0 Å². The largest absolute Gasteiger partial charge is 0.385 e. The van der Waals surface area contributed by atoms with Gasteiger partial charge in [-0.15, -0.1) is 0 Å². The molecule has 0 aromatic heterocycles. The summed E-state index contributed by atoms with van der Waals surface area (Å²) in [5.41, 5.74) is 6.19. The SMILES string of the molecule is COCCCC(N)CN1CCN(C2CCCC2)CC1. The third-order valence-electron chi connectivity index (χ3n) is 4.66. The van der Waals surface area contributed by atoms with E-state index in [9.17, 15) is 0 Å². The number of ether oxygens (including phenoxy) is 1. The molecular formula is C15H31N3O. The second kappa shape index (κ2) is 8.20. The Morgan fingerprint density at radius 1 is 1.16 bits per heavy atom. The second-order valence-electron chi connectivity index (χ2n) is 6.17. The first-order valence-electron chi connectivity index (χ1n) is 8.00. The fourth-order valence-corrected chi connectivity index (χ4v) is 3.49. The Hall–Kier alpha value is -0.160. The highest BCUT2D eigenvalue weighted by molar-refractivity contribution is 4.83. The third kappa shape index (κ3) is 5.03. The van der Waals surface area contributed by atoms with E-state index in [-0.39, 0.29) is 0 Å². The quantitative estimate of drug-likeness (QED) is 0.707. The molecular weight excluding hydrogens is 238 g/mol. The fourth-order valence-electron chi connectivity index (χ4n) is 3.49. The van der Waals surface area contributed by atoms with Crippen molar-refractivity contribution in [2.45, 2.75) is 50.6 Å². The van der Waals surface area contributed by atoms with Crippen molar-refractivity contribution in [2.75, 3.05) is 46.4 Å². The average molecular weight is 269 g/mol. The van der Waals surface area contributed by atoms with Crippen LogP contribution >= 0.6 is 0 Å². The smallest absolute Gasteiger partial charge is 0.0462 e. The topological polar surface area (TPSA) is 41.7 Å². The molecule has 1 atom stereocenters. The molecule has 2 N–H and O–H groups in total. The molecule has 112 valence electrons. The highest BCUT2D eigenvalue weighted by Crippen LogP contribution is 2.24. The van der Waals surface area contributed by atoms with Crippen molar-refractivity contribution in [3.05, 3.63) is 0 Å². The summed E-state index contributed by atoms with van der Waals surface area (Å²) in [6.45, 7) is 6.79. The molecule has 1 heterocycles. The molecule has 0 amide bonds. The molecule has 19 heavy (non-hydrogen) atoms. The second-order valence-corrected chi connectivity index (χ2v) is 6.17. The summed E-state index contributed by atoms with van der Waals surface area (Å²) in [5.74, 6) is 0. The van der Waals surface area contributed by atoms with Crippen molar-refractivity contribution >= 4 is 0 Å². The van der Waals surface area contributed by atoms with Crippen molar-refractivity contribution in [1.29, 1.82) is 0 Å². The van der Waals surface area contributed by atoms with Crippen molar-refractivity contribution in [3.8, 4) is 0 Å². The lowest BCUT2D eigenvalue weighted by atomic mass is 10.1. The zero-order valence-electron chi connectivity index (χ0n) is 12.5. The lowest BCUT2D eigenvalue weighted by molar-refractivity contribution is 0.0925. The van der Waals surface area contributed by atoms with Crippen LogP contribution in [0.25, 0.3) is 0 Å². The van der Waals surface area contributed by atoms with E-state index >= 15 is 0 Å². The number of nitrogens with zero attached hydrogens (tertiary/aromatic N) is 2. The van der Waals surface area contributed by atoms with Crippen LogP contribution in [0.4, 0.5) is 0 Å². The molecule has 1 aliphatic heterocycles. The molecule has 1 aliphatic carbocycles. The number of nitrogens with two attached hydrogens (primary N) is 1. The molecule has 0 bridgehead atoms. The Kier molecular flexibility index (Phi) is 6.57. The summed E-state index contributed by atoms with van der Waals surface area (Å²) in [5, 5.41) is 0. The first-order chi connectivity index (χ1) is 9.29. The average Bonchev–Trinajstić information content (AvgIpc) is 2.94. The summed E-state index contributed by atoms with van der Waals surface area (Å²) in [6.07, 6.45) is 7.90. The monoisotopic (exact) mass is 269 g/mol. The van der Waals surface area contributed by atoms with Gasteiger partial charge in [0, 0.05) is 58.5 Å². The molecule has 0 aromatic rings. The first-order valence-corrected chi connectivity index (χ1v) is 8.00. The molecule has 2 aliphatic rings. The molecule has 0 spiro atoms. The maximum absolute atomic E-state index is 6.19. The minimum atomic E-state index is 0.313. The van der Waals surface area contributed by atoms with E-state index in [2.05, 4.69) is 9.80 Å². The van der Waals surface area contributed by atoms with Gasteiger partial charge >= 0.3 is 0 Å². The van der Waals surface area contributed by atoms with Gasteiger partial charge in [-0.3, -0.25) is 9.80 Å². The molecule has 1 saturated carbocycles. The lowest BCUT2D eigenvalue weighted by Crippen LogP contribution is -2.52. The van der Waals surface area contributed by atoms with Crippen LogP contribution in [0.5, 0.6) is 0 Å². The predicted molar refractivity (Wildman–Crippen MR) is 79.4 cm³/mol. The van der Waals surface area contributed by atoms with E-state index in [0.29, 0.717) is 6.04 Å². The molecule has 2 fully saturated rings. The molecule has 0 radical (unpaired) electrons. The molecule has 4 nitrogen and oxygen atoms in total. The third-order valence-corrected chi connectivity index (χ3v) is 4.66. The van der Waals surface area contributed by atoms with E-state index in [1.54, 1.807) is 7.11 Å². The summed E-state index contributed by atoms with van der Waals surface area (Å²) in [6, 6.07) is 1.20. The molecule has 1 unspecified atom stereocenters. The van der Waals surface area contributed by atoms with E-state index in [1.807, 2.05) is 0 Å². The van der Waals surface area contributed by atoms with Crippen LogP contribution in [0.15, 0.2) is 0 Å². The summed E-state index contributed by atoms with van der Waals surface area (Å²) >= 11 is 0. The van der Waals surface area contributed by atoms with Gasteiger partial charge in [-0.05, 0) is 25.7 Å². The van der Waals surface area contributed by atoms with Crippen LogP contribution in [-0.4, -0.2) is 68.3 Å². The number of rotatable bonds is 7. The van der Waals surface area contributed by atoms with Crippen molar-refractivity contribution in [1.82, 2.24) is 9.80 Å². The Morgan fingerprint density at radius 3 is 2.47 bits per heavy atom. The van der Waals surface area contributed by atoms with Gasteiger partial charge < -0.3 is 10.5 Å². The van der Waals surface area contributed by atoms with Gasteiger partial charge in [0.2, 0.25) is 0 Å². The Labute approximate surface area is 118 Å². The van der Waals surface area contributed by atoms with Crippen LogP contribution < -0.4 is 5.73 Å². The number of hydrogen-bond donors (Lipinski definition) is 1. The zero-order chi connectivity index (χ0) is 13.5. The highest BCUT2D eigenvalue weighted by atomic mass is 16.5. The highest BCUT2D eigenvalue weighted by Gasteiger charge is 2.26. The van der Waals surface area contributed by atoms with Gasteiger partial charge in [0.15, 0.2) is 0 Å². The van der Waals surface area contributed by atoms with Crippen molar-refractivity contribution in [3.63, 3.8) is 0 Å². The minimum absolute atomic E-state index is 0.313. The predicted octanol–water partition coefficient (Wildman–Crippen LogP) is 1.30. The van der Waals surface area contributed by atoms with Gasteiger partial charge in [-0.25, -0.2) is 0 Å². The molecule has 4 heteroatoms. The van der Waals surface area contributed by atoms with Gasteiger partial charge in [0.1, 0.15) is 0 Å². The Balaban J connectivity index is 1.60. The molecule has 2 rings (SSSR count). The fraction of sp³-hybridized carbons (Fsp3) is 1.00. The van der Waals surface area contributed by atoms with Gasteiger partial charge in [0.25, 0.3) is 0 Å². The maximum atomic E-state index is 6.19. The number of piperazine rings is 1. The summed E-state index contributed by atoms with van der Waals surface area (Å²) < 4.78 is 5.08. The first kappa shape index (κ1) is 15.2. The van der Waals surface area contributed by atoms with Gasteiger partial charge in [-0.1, -0.05) is 12.8 Å². The molecule has 1 saturated heterocycles. The maximum Gasteiger partial charge on any atom is 0.0462 e. The minimum Gasteiger partial charge on any atom is -0.385 e.